The normalized spacial score (nSPS) is 14.3. The summed E-state index contributed by atoms with van der Waals surface area (Å²) in [6.45, 7) is 0. The van der Waals surface area contributed by atoms with Crippen LogP contribution in [0.2, 0.25) is 10.0 Å². The number of aromatic nitrogens is 1. The maximum atomic E-state index is 11.9. The Kier molecular flexibility index (Phi) is 4.50. The number of benzene rings is 1. The van der Waals surface area contributed by atoms with Crippen LogP contribution in [0, 0.1) is 5.92 Å². The van der Waals surface area contributed by atoms with Crippen molar-refractivity contribution in [2.45, 2.75) is 19.3 Å². The minimum atomic E-state index is 0.0531. The summed E-state index contributed by atoms with van der Waals surface area (Å²) in [5, 5.41) is 6.93. The van der Waals surface area contributed by atoms with Crippen LogP contribution in [0.3, 0.4) is 0 Å². The Labute approximate surface area is 138 Å². The number of halogens is 2. The quantitative estimate of drug-likeness (QED) is 0.837. The van der Waals surface area contributed by atoms with Gasteiger partial charge in [-0.25, -0.2) is 4.98 Å². The molecule has 6 heteroatoms. The summed E-state index contributed by atoms with van der Waals surface area (Å²) in [5.74, 6) is 0.752. The van der Waals surface area contributed by atoms with E-state index in [0.717, 1.165) is 24.9 Å². The molecule has 1 aromatic carbocycles. The molecule has 0 atom stereocenters. The number of nitrogens with zero attached hydrogens (tertiary/aromatic N) is 1. The van der Waals surface area contributed by atoms with E-state index in [9.17, 15) is 4.79 Å². The Hall–Kier alpha value is -1.78. The highest BCUT2D eigenvalue weighted by atomic mass is 35.5. The lowest BCUT2D eigenvalue weighted by atomic mass is 9.85. The minimum absolute atomic E-state index is 0.0531. The zero-order valence-electron chi connectivity index (χ0n) is 11.8. The fraction of sp³-hybridized carbons (Fsp3) is 0.250. The number of amides is 1. The Morgan fingerprint density at radius 2 is 2.00 bits per heavy atom. The van der Waals surface area contributed by atoms with E-state index in [1.165, 1.54) is 0 Å². The average Bonchev–Trinajstić information content (AvgIpc) is 2.44. The number of carbonyl (C=O) groups is 1. The largest absolute Gasteiger partial charge is 0.353 e. The van der Waals surface area contributed by atoms with Gasteiger partial charge in [0.25, 0.3) is 0 Å². The molecule has 0 aliphatic heterocycles. The summed E-state index contributed by atoms with van der Waals surface area (Å²) < 4.78 is 0. The lowest BCUT2D eigenvalue weighted by Crippen LogP contribution is -2.28. The summed E-state index contributed by atoms with van der Waals surface area (Å²) in [6, 6.07) is 8.97. The molecule has 1 fully saturated rings. The minimum Gasteiger partial charge on any atom is -0.353 e. The monoisotopic (exact) mass is 335 g/mol. The van der Waals surface area contributed by atoms with Crippen molar-refractivity contribution in [1.82, 2.24) is 4.98 Å². The van der Waals surface area contributed by atoms with Gasteiger partial charge in [0.1, 0.15) is 5.82 Å². The molecule has 0 spiro atoms. The lowest BCUT2D eigenvalue weighted by molar-refractivity contribution is -0.122. The van der Waals surface area contributed by atoms with Gasteiger partial charge >= 0.3 is 0 Å². The van der Waals surface area contributed by atoms with Crippen molar-refractivity contribution in [2.24, 2.45) is 5.92 Å². The van der Waals surface area contributed by atoms with Gasteiger partial charge < -0.3 is 10.6 Å². The molecule has 1 aliphatic carbocycles. The second kappa shape index (κ2) is 6.55. The van der Waals surface area contributed by atoms with E-state index in [0.29, 0.717) is 21.6 Å². The van der Waals surface area contributed by atoms with E-state index >= 15 is 0 Å². The third kappa shape index (κ3) is 3.34. The second-order valence-corrected chi connectivity index (χ2v) is 6.06. The molecule has 3 rings (SSSR count). The molecule has 22 heavy (non-hydrogen) atoms. The summed E-state index contributed by atoms with van der Waals surface area (Å²) in [6.07, 6.45) is 4.72. The van der Waals surface area contributed by atoms with Crippen LogP contribution < -0.4 is 10.6 Å². The summed E-state index contributed by atoms with van der Waals surface area (Å²) in [5.41, 5.74) is 1.48. The van der Waals surface area contributed by atoms with Crippen molar-refractivity contribution in [3.05, 3.63) is 46.6 Å². The molecule has 1 amide bonds. The van der Waals surface area contributed by atoms with Gasteiger partial charge in [0.2, 0.25) is 5.91 Å². The predicted molar refractivity (Wildman–Crippen MR) is 90.0 cm³/mol. The highest BCUT2D eigenvalue weighted by Crippen LogP contribution is 2.32. The maximum absolute atomic E-state index is 11.9. The first-order valence-electron chi connectivity index (χ1n) is 7.11. The smallest absolute Gasteiger partial charge is 0.228 e. The lowest BCUT2D eigenvalue weighted by Gasteiger charge is -2.23. The number of rotatable bonds is 4. The SMILES string of the molecule is O=C(Nc1ccc(Nc2cccc(Cl)c2Cl)cn1)C1CCC1. The molecular formula is C16H15Cl2N3O. The number of anilines is 3. The molecule has 0 radical (unpaired) electrons. The number of hydrogen-bond acceptors (Lipinski definition) is 3. The van der Waals surface area contributed by atoms with Crippen molar-refractivity contribution >= 4 is 46.3 Å². The van der Waals surface area contributed by atoms with Gasteiger partial charge in [0.15, 0.2) is 0 Å². The van der Waals surface area contributed by atoms with E-state index in [1.807, 2.05) is 18.2 Å². The van der Waals surface area contributed by atoms with Crippen LogP contribution in [0.5, 0.6) is 0 Å². The topological polar surface area (TPSA) is 54.0 Å². The highest BCUT2D eigenvalue weighted by molar-refractivity contribution is 6.43. The van der Waals surface area contributed by atoms with Crippen LogP contribution in [0.25, 0.3) is 0 Å². The summed E-state index contributed by atoms with van der Waals surface area (Å²) >= 11 is 12.1. The highest BCUT2D eigenvalue weighted by Gasteiger charge is 2.25. The van der Waals surface area contributed by atoms with Crippen LogP contribution in [0.4, 0.5) is 17.2 Å². The summed E-state index contributed by atoms with van der Waals surface area (Å²) in [7, 11) is 0. The van der Waals surface area contributed by atoms with Crippen molar-refractivity contribution in [1.29, 1.82) is 0 Å². The van der Waals surface area contributed by atoms with Crippen LogP contribution >= 0.6 is 23.2 Å². The number of pyridine rings is 1. The fourth-order valence-corrected chi connectivity index (χ4v) is 2.54. The molecule has 114 valence electrons. The van der Waals surface area contributed by atoms with E-state index in [2.05, 4.69) is 15.6 Å². The Balaban J connectivity index is 1.66. The third-order valence-electron chi connectivity index (χ3n) is 3.72. The Morgan fingerprint density at radius 3 is 2.64 bits per heavy atom. The molecule has 1 aliphatic rings. The fourth-order valence-electron chi connectivity index (χ4n) is 2.20. The van der Waals surface area contributed by atoms with Gasteiger partial charge in [0.05, 0.1) is 27.6 Å². The number of hydrogen-bond donors (Lipinski definition) is 2. The maximum Gasteiger partial charge on any atom is 0.228 e. The molecule has 1 heterocycles. The van der Waals surface area contributed by atoms with E-state index in [1.54, 1.807) is 18.3 Å². The van der Waals surface area contributed by atoms with Gasteiger partial charge in [-0.1, -0.05) is 35.7 Å². The molecule has 2 N–H and O–H groups in total. The molecule has 2 aromatic rings. The molecule has 1 aromatic heterocycles. The third-order valence-corrected chi connectivity index (χ3v) is 4.54. The molecule has 0 saturated heterocycles. The van der Waals surface area contributed by atoms with Gasteiger partial charge in [-0.05, 0) is 37.1 Å². The molecule has 1 saturated carbocycles. The first kappa shape index (κ1) is 15.1. The molecule has 0 unspecified atom stereocenters. The van der Waals surface area contributed by atoms with Crippen molar-refractivity contribution in [3.63, 3.8) is 0 Å². The van der Waals surface area contributed by atoms with E-state index in [4.69, 9.17) is 23.2 Å². The standard InChI is InChI=1S/C16H15Cl2N3O/c17-12-5-2-6-13(15(12)18)20-11-7-8-14(19-9-11)21-16(22)10-3-1-4-10/h2,5-10,20H,1,3-4H2,(H,19,21,22). The van der Waals surface area contributed by atoms with Crippen LogP contribution in [-0.4, -0.2) is 10.9 Å². The first-order chi connectivity index (χ1) is 10.6. The van der Waals surface area contributed by atoms with Crippen LogP contribution in [0.1, 0.15) is 19.3 Å². The van der Waals surface area contributed by atoms with Crippen molar-refractivity contribution < 1.29 is 4.79 Å². The van der Waals surface area contributed by atoms with Gasteiger partial charge in [0, 0.05) is 5.92 Å². The van der Waals surface area contributed by atoms with Crippen LogP contribution in [-0.2, 0) is 4.79 Å². The number of nitrogens with one attached hydrogen (secondary N) is 2. The predicted octanol–water partition coefficient (Wildman–Crippen LogP) is 4.87. The van der Waals surface area contributed by atoms with Gasteiger partial charge in [-0.15, -0.1) is 0 Å². The number of carbonyl (C=O) groups excluding carboxylic acids is 1. The Bertz CT molecular complexity index is 684. The van der Waals surface area contributed by atoms with Gasteiger partial charge in [-0.2, -0.15) is 0 Å². The molecule has 4 nitrogen and oxygen atoms in total. The molecule has 0 bridgehead atoms. The van der Waals surface area contributed by atoms with Crippen molar-refractivity contribution in [3.8, 4) is 0 Å². The van der Waals surface area contributed by atoms with E-state index < -0.39 is 0 Å². The zero-order valence-corrected chi connectivity index (χ0v) is 13.3. The average molecular weight is 336 g/mol. The van der Waals surface area contributed by atoms with Gasteiger partial charge in [-0.3, -0.25) is 4.79 Å². The van der Waals surface area contributed by atoms with E-state index in [-0.39, 0.29) is 11.8 Å². The Morgan fingerprint density at radius 1 is 1.18 bits per heavy atom. The second-order valence-electron chi connectivity index (χ2n) is 5.28. The van der Waals surface area contributed by atoms with Crippen LogP contribution in [0.15, 0.2) is 36.5 Å². The van der Waals surface area contributed by atoms with Crippen molar-refractivity contribution in [2.75, 3.05) is 10.6 Å². The first-order valence-corrected chi connectivity index (χ1v) is 7.87. The summed E-state index contributed by atoms with van der Waals surface area (Å²) in [4.78, 5) is 16.1. The molecular weight excluding hydrogens is 321 g/mol. The zero-order chi connectivity index (χ0) is 15.5.